The number of benzene rings is 1. The van der Waals surface area contributed by atoms with Crippen molar-refractivity contribution in [2.75, 3.05) is 0 Å². The first-order valence-electron chi connectivity index (χ1n) is 5.95. The second kappa shape index (κ2) is 5.86. The third kappa shape index (κ3) is 2.57. The highest BCUT2D eigenvalue weighted by atomic mass is 35.5. The molecule has 3 rings (SSSR count). The summed E-state index contributed by atoms with van der Waals surface area (Å²) in [5.74, 6) is 0.492. The van der Waals surface area contributed by atoms with Gasteiger partial charge in [0.2, 0.25) is 0 Å². The Morgan fingerprint density at radius 3 is 2.70 bits per heavy atom. The summed E-state index contributed by atoms with van der Waals surface area (Å²) in [6.45, 7) is 0.218. The number of nitrogens with two attached hydrogens (primary N) is 1. The second-order valence-corrected chi connectivity index (χ2v) is 4.23. The Bertz CT molecular complexity index is 785. The van der Waals surface area contributed by atoms with Crippen LogP contribution in [0.15, 0.2) is 58.0 Å². The molecule has 0 atom stereocenters. The van der Waals surface area contributed by atoms with Gasteiger partial charge in [-0.3, -0.25) is 9.78 Å². The molecule has 2 N–H and O–H groups in total. The molecule has 0 aliphatic rings. The molecule has 20 heavy (non-hydrogen) atoms. The molecule has 1 aromatic carbocycles. The lowest BCUT2D eigenvalue weighted by molar-refractivity contribution is 0.539. The summed E-state index contributed by atoms with van der Waals surface area (Å²) >= 11 is 0. The predicted octanol–water partition coefficient (Wildman–Crippen LogP) is 2.74. The molecule has 0 saturated carbocycles. The van der Waals surface area contributed by atoms with Gasteiger partial charge in [-0.1, -0.05) is 12.1 Å². The van der Waals surface area contributed by atoms with Crippen LogP contribution < -0.4 is 11.2 Å². The summed E-state index contributed by atoms with van der Waals surface area (Å²) in [5, 5.41) is 0.554. The number of nitrogens with zero attached hydrogens (tertiary/aromatic N) is 1. The summed E-state index contributed by atoms with van der Waals surface area (Å²) < 4.78 is 5.54. The van der Waals surface area contributed by atoms with Crippen LogP contribution in [0.3, 0.4) is 0 Å². The van der Waals surface area contributed by atoms with Crippen molar-refractivity contribution in [2.45, 2.75) is 6.54 Å². The first kappa shape index (κ1) is 14.2. The number of pyridine rings is 1. The third-order valence-electron chi connectivity index (χ3n) is 2.97. The van der Waals surface area contributed by atoms with E-state index >= 15 is 0 Å². The minimum atomic E-state index is -0.0764. The topological polar surface area (TPSA) is 69.1 Å². The van der Waals surface area contributed by atoms with Gasteiger partial charge in [-0.25, -0.2) is 0 Å². The minimum Gasteiger partial charge on any atom is -0.459 e. The normalized spacial score (nSPS) is 10.2. The van der Waals surface area contributed by atoms with E-state index < -0.39 is 0 Å². The van der Waals surface area contributed by atoms with Gasteiger partial charge in [-0.2, -0.15) is 0 Å². The molecule has 0 fully saturated rings. The highest BCUT2D eigenvalue weighted by molar-refractivity contribution is 5.85. The van der Waals surface area contributed by atoms with E-state index in [9.17, 15) is 4.79 Å². The quantitative estimate of drug-likeness (QED) is 0.787. The summed E-state index contributed by atoms with van der Waals surface area (Å²) in [7, 11) is 0. The molecule has 0 aliphatic heterocycles. The van der Waals surface area contributed by atoms with Crippen LogP contribution in [0.4, 0.5) is 0 Å². The van der Waals surface area contributed by atoms with Gasteiger partial charge < -0.3 is 10.2 Å². The Balaban J connectivity index is 0.00000147. The van der Waals surface area contributed by atoms with Crippen molar-refractivity contribution in [3.8, 4) is 11.1 Å². The second-order valence-electron chi connectivity index (χ2n) is 4.23. The van der Waals surface area contributed by atoms with E-state index in [1.165, 1.54) is 6.07 Å². The van der Waals surface area contributed by atoms with Crippen molar-refractivity contribution in [2.24, 2.45) is 5.73 Å². The molecule has 4 nitrogen and oxygen atoms in total. The number of hydrogen-bond acceptors (Lipinski definition) is 4. The molecule has 3 aromatic rings. The highest BCUT2D eigenvalue weighted by Crippen LogP contribution is 2.22. The Morgan fingerprint density at radius 2 is 2.00 bits per heavy atom. The average Bonchev–Trinajstić information content (AvgIpc) is 2.47. The zero-order chi connectivity index (χ0) is 13.2. The number of rotatable bonds is 2. The summed E-state index contributed by atoms with van der Waals surface area (Å²) in [6.07, 6.45) is 3.48. The van der Waals surface area contributed by atoms with Gasteiger partial charge in [0, 0.05) is 24.0 Å². The standard InChI is InChI=1S/C15H12N2O2.ClH/c16-8-12-7-14(18)13-6-10(3-4-15(13)19-12)11-2-1-5-17-9-11;/h1-7,9H,8,16H2;1H. The van der Waals surface area contributed by atoms with Crippen LogP contribution in [-0.4, -0.2) is 4.98 Å². The van der Waals surface area contributed by atoms with Crippen LogP contribution in [0, 0.1) is 0 Å². The summed E-state index contributed by atoms with van der Waals surface area (Å²) in [6, 6.07) is 10.8. The lowest BCUT2D eigenvalue weighted by Gasteiger charge is -2.04. The van der Waals surface area contributed by atoms with E-state index in [0.717, 1.165) is 11.1 Å². The van der Waals surface area contributed by atoms with Crippen molar-refractivity contribution in [3.63, 3.8) is 0 Å². The maximum atomic E-state index is 12.0. The average molecular weight is 289 g/mol. The molecule has 2 heterocycles. The smallest absolute Gasteiger partial charge is 0.193 e. The van der Waals surface area contributed by atoms with Gasteiger partial charge in [0.25, 0.3) is 0 Å². The van der Waals surface area contributed by atoms with E-state index in [1.54, 1.807) is 18.5 Å². The molecular formula is C15H13ClN2O2. The van der Waals surface area contributed by atoms with E-state index in [0.29, 0.717) is 16.7 Å². The molecule has 0 amide bonds. The van der Waals surface area contributed by atoms with Crippen molar-refractivity contribution in [3.05, 3.63) is 64.8 Å². The molecule has 0 radical (unpaired) electrons. The van der Waals surface area contributed by atoms with Crippen LogP contribution in [0.1, 0.15) is 5.76 Å². The Hall–Kier alpha value is -2.17. The molecule has 102 valence electrons. The van der Waals surface area contributed by atoms with Gasteiger partial charge in [-0.15, -0.1) is 12.4 Å². The zero-order valence-corrected chi connectivity index (χ0v) is 11.4. The van der Waals surface area contributed by atoms with Gasteiger partial charge in [0.05, 0.1) is 11.9 Å². The number of aromatic nitrogens is 1. The number of halogens is 1. The van der Waals surface area contributed by atoms with E-state index in [2.05, 4.69) is 4.98 Å². The van der Waals surface area contributed by atoms with Crippen LogP contribution in [0.2, 0.25) is 0 Å². The SMILES string of the molecule is Cl.NCc1cc(=O)c2cc(-c3cccnc3)ccc2o1. The van der Waals surface area contributed by atoms with Gasteiger partial charge in [0.1, 0.15) is 11.3 Å². The molecule has 5 heteroatoms. The molecule has 0 spiro atoms. The monoisotopic (exact) mass is 288 g/mol. The van der Waals surface area contributed by atoms with Crippen LogP contribution in [0.25, 0.3) is 22.1 Å². The van der Waals surface area contributed by atoms with Crippen molar-refractivity contribution >= 4 is 23.4 Å². The van der Waals surface area contributed by atoms with Crippen molar-refractivity contribution in [1.82, 2.24) is 4.98 Å². The van der Waals surface area contributed by atoms with Gasteiger partial charge in [0.15, 0.2) is 5.43 Å². The van der Waals surface area contributed by atoms with Gasteiger partial charge >= 0.3 is 0 Å². The summed E-state index contributed by atoms with van der Waals surface area (Å²) in [5.41, 5.74) is 7.87. The minimum absolute atomic E-state index is 0. The lowest BCUT2D eigenvalue weighted by Crippen LogP contribution is -2.05. The van der Waals surface area contributed by atoms with E-state index in [-0.39, 0.29) is 24.4 Å². The fraction of sp³-hybridized carbons (Fsp3) is 0.0667. The van der Waals surface area contributed by atoms with E-state index in [4.69, 9.17) is 10.2 Å². The summed E-state index contributed by atoms with van der Waals surface area (Å²) in [4.78, 5) is 16.1. The Kier molecular flexibility index (Phi) is 4.17. The third-order valence-corrected chi connectivity index (χ3v) is 2.97. The van der Waals surface area contributed by atoms with Crippen LogP contribution >= 0.6 is 12.4 Å². The van der Waals surface area contributed by atoms with Crippen molar-refractivity contribution < 1.29 is 4.42 Å². The zero-order valence-electron chi connectivity index (χ0n) is 10.6. The maximum absolute atomic E-state index is 12.0. The van der Waals surface area contributed by atoms with Crippen LogP contribution in [-0.2, 0) is 6.54 Å². The Morgan fingerprint density at radius 1 is 1.15 bits per heavy atom. The predicted molar refractivity (Wildman–Crippen MR) is 80.9 cm³/mol. The van der Waals surface area contributed by atoms with Gasteiger partial charge in [-0.05, 0) is 23.8 Å². The number of fused-ring (bicyclic) bond motifs is 1. The molecule has 0 unspecified atom stereocenters. The Labute approximate surface area is 121 Å². The maximum Gasteiger partial charge on any atom is 0.193 e. The lowest BCUT2D eigenvalue weighted by atomic mass is 10.1. The fourth-order valence-corrected chi connectivity index (χ4v) is 2.02. The molecule has 0 bridgehead atoms. The largest absolute Gasteiger partial charge is 0.459 e. The molecular weight excluding hydrogens is 276 g/mol. The van der Waals surface area contributed by atoms with E-state index in [1.807, 2.05) is 24.3 Å². The first-order chi connectivity index (χ1) is 9.28. The fourth-order valence-electron chi connectivity index (χ4n) is 2.02. The molecule has 0 aliphatic carbocycles. The number of hydrogen-bond donors (Lipinski definition) is 1. The molecule has 0 saturated heterocycles. The van der Waals surface area contributed by atoms with Crippen molar-refractivity contribution in [1.29, 1.82) is 0 Å². The highest BCUT2D eigenvalue weighted by Gasteiger charge is 2.06. The molecule has 2 aromatic heterocycles. The van der Waals surface area contributed by atoms with Crippen LogP contribution in [0.5, 0.6) is 0 Å². The first-order valence-corrected chi connectivity index (χ1v) is 5.95.